The molecule has 0 radical (unpaired) electrons. The molecule has 2 saturated heterocycles. The van der Waals surface area contributed by atoms with Crippen LogP contribution in [0, 0.1) is 20.8 Å². The lowest BCUT2D eigenvalue weighted by Crippen LogP contribution is -2.54. The van der Waals surface area contributed by atoms with Gasteiger partial charge in [-0.15, -0.1) is 0 Å². The fraction of sp³-hybridized carbons (Fsp3) is 0.636. The predicted molar refractivity (Wildman–Crippen MR) is 118 cm³/mol. The number of fused-ring (bicyclic) bond motifs is 1. The van der Waals surface area contributed by atoms with Gasteiger partial charge in [-0.1, -0.05) is 0 Å². The van der Waals surface area contributed by atoms with Crippen LogP contribution in [0.1, 0.15) is 54.1 Å². The second-order valence-corrected chi connectivity index (χ2v) is 9.05. The number of rotatable bonds is 5. The summed E-state index contributed by atoms with van der Waals surface area (Å²) in [6.07, 6.45) is 0.0297. The predicted octanol–water partition coefficient (Wildman–Crippen LogP) is 0.568. The molecule has 0 unspecified atom stereocenters. The van der Waals surface area contributed by atoms with E-state index < -0.39 is 41.4 Å². The molecule has 0 aromatic carbocycles. The Hall–Kier alpha value is -2.76. The number of aromatic nitrogens is 4. The van der Waals surface area contributed by atoms with Crippen LogP contribution in [0.4, 0.5) is 0 Å². The number of carbonyl (C=O) groups excluding carboxylic acids is 1. The number of hydrogen-bond acceptors (Lipinski definition) is 7. The van der Waals surface area contributed by atoms with Crippen LogP contribution >= 0.6 is 0 Å². The van der Waals surface area contributed by atoms with Gasteiger partial charge in [0.15, 0.2) is 5.79 Å². The van der Waals surface area contributed by atoms with E-state index >= 15 is 0 Å². The first-order valence-electron chi connectivity index (χ1n) is 11.1. The fourth-order valence-electron chi connectivity index (χ4n) is 4.68. The first-order valence-corrected chi connectivity index (χ1v) is 11.1. The molecule has 180 valence electrons. The Morgan fingerprint density at radius 2 is 1.94 bits per heavy atom. The van der Waals surface area contributed by atoms with Crippen molar-refractivity contribution in [1.29, 1.82) is 0 Å². The highest BCUT2D eigenvalue weighted by Gasteiger charge is 2.52. The minimum Gasteiger partial charge on any atom is -0.371 e. The highest BCUT2D eigenvalue weighted by molar-refractivity contribution is 5.96. The summed E-state index contributed by atoms with van der Waals surface area (Å²) in [4.78, 5) is 39.5. The molecular weight excluding hydrogens is 430 g/mol. The van der Waals surface area contributed by atoms with Gasteiger partial charge in [0.25, 0.3) is 11.5 Å². The van der Waals surface area contributed by atoms with Crippen LogP contribution < -0.4 is 16.6 Å². The summed E-state index contributed by atoms with van der Waals surface area (Å²) < 4.78 is 21.5. The lowest BCUT2D eigenvalue weighted by atomic mass is 9.97. The van der Waals surface area contributed by atoms with Crippen LogP contribution in [-0.2, 0) is 20.8 Å². The number of aryl methyl sites for hydroxylation is 3. The highest BCUT2D eigenvalue weighted by Crippen LogP contribution is 2.39. The number of amides is 1. The van der Waals surface area contributed by atoms with Gasteiger partial charge in [-0.25, -0.2) is 4.79 Å². The van der Waals surface area contributed by atoms with Gasteiger partial charge in [-0.3, -0.25) is 23.8 Å². The van der Waals surface area contributed by atoms with Gasteiger partial charge in [0.2, 0.25) is 0 Å². The largest absolute Gasteiger partial charge is 0.371 e. The maximum Gasteiger partial charge on any atom is 0.328 e. The molecule has 4 rings (SSSR count). The summed E-state index contributed by atoms with van der Waals surface area (Å²) in [6, 6.07) is -0.487. The van der Waals surface area contributed by atoms with E-state index in [0.29, 0.717) is 23.4 Å². The standard InChI is InChI=1S/C22H31N5O6/c1-7-27-13(4)16(12(3)25-27)20(29)23-8-15-18-17(32-22(5,6)33-18)14(10-31-15)26-9-11(2)19(28)24-21(26)30/h9,14-15,17-18H,7-8,10H2,1-6H3,(H,23,29)(H,24,28,30)/t14-,15-,17+,18-/m1/s1. The second kappa shape index (κ2) is 8.54. The minimum atomic E-state index is -0.889. The van der Waals surface area contributed by atoms with E-state index in [4.69, 9.17) is 14.2 Å². The molecule has 2 aliphatic rings. The minimum absolute atomic E-state index is 0.165. The number of H-pyrrole nitrogens is 1. The average molecular weight is 462 g/mol. The van der Waals surface area contributed by atoms with Crippen molar-refractivity contribution in [3.8, 4) is 0 Å². The summed E-state index contributed by atoms with van der Waals surface area (Å²) in [7, 11) is 0. The topological polar surface area (TPSA) is 129 Å². The fourth-order valence-corrected chi connectivity index (χ4v) is 4.68. The summed E-state index contributed by atoms with van der Waals surface area (Å²) in [5.74, 6) is -1.11. The number of ether oxygens (including phenoxy) is 3. The van der Waals surface area contributed by atoms with Gasteiger partial charge < -0.3 is 19.5 Å². The van der Waals surface area contributed by atoms with Gasteiger partial charge in [0.05, 0.1) is 23.9 Å². The molecule has 2 aromatic rings. The third-order valence-electron chi connectivity index (χ3n) is 6.27. The number of hydrogen-bond donors (Lipinski definition) is 2. The Morgan fingerprint density at radius 1 is 1.24 bits per heavy atom. The molecule has 0 bridgehead atoms. The van der Waals surface area contributed by atoms with Gasteiger partial charge >= 0.3 is 5.69 Å². The molecule has 4 heterocycles. The second-order valence-electron chi connectivity index (χ2n) is 9.05. The molecule has 2 aliphatic heterocycles. The van der Waals surface area contributed by atoms with E-state index in [1.165, 1.54) is 10.8 Å². The van der Waals surface area contributed by atoms with E-state index in [0.717, 1.165) is 5.69 Å². The number of nitrogens with one attached hydrogen (secondary N) is 2. The summed E-state index contributed by atoms with van der Waals surface area (Å²) in [5.41, 5.74) is 1.49. The Bertz CT molecular complexity index is 1180. The summed E-state index contributed by atoms with van der Waals surface area (Å²) >= 11 is 0. The molecule has 0 aliphatic carbocycles. The third-order valence-corrected chi connectivity index (χ3v) is 6.27. The number of aromatic amines is 1. The quantitative estimate of drug-likeness (QED) is 0.666. The van der Waals surface area contributed by atoms with Crippen LogP contribution in [0.5, 0.6) is 0 Å². The van der Waals surface area contributed by atoms with Crippen LogP contribution in [0.3, 0.4) is 0 Å². The highest BCUT2D eigenvalue weighted by atomic mass is 16.8. The SMILES string of the molecule is CCn1nc(C)c(C(=O)NC[C@H]2OC[C@@H](n3cc(C)c(=O)[nH]c3=O)[C@@H]3OC(C)(C)O[C@@H]32)c1C. The van der Waals surface area contributed by atoms with Crippen molar-refractivity contribution >= 4 is 5.91 Å². The monoisotopic (exact) mass is 461 g/mol. The van der Waals surface area contributed by atoms with Crippen molar-refractivity contribution in [3.05, 3.63) is 49.5 Å². The third kappa shape index (κ3) is 4.28. The van der Waals surface area contributed by atoms with E-state index in [9.17, 15) is 14.4 Å². The van der Waals surface area contributed by atoms with Gasteiger partial charge in [0, 0.05) is 30.5 Å². The normalized spacial score (nSPS) is 26.2. The van der Waals surface area contributed by atoms with Gasteiger partial charge in [-0.05, 0) is 41.5 Å². The van der Waals surface area contributed by atoms with Crippen LogP contribution in [0.2, 0.25) is 0 Å². The molecule has 0 saturated carbocycles. The molecule has 11 heteroatoms. The Kier molecular flexibility index (Phi) is 6.06. The number of carbonyl (C=O) groups is 1. The van der Waals surface area contributed by atoms with E-state index in [1.54, 1.807) is 25.5 Å². The maximum absolute atomic E-state index is 12.9. The molecule has 11 nitrogen and oxygen atoms in total. The van der Waals surface area contributed by atoms with Crippen molar-refractivity contribution in [2.24, 2.45) is 0 Å². The smallest absolute Gasteiger partial charge is 0.328 e. The van der Waals surface area contributed by atoms with Crippen molar-refractivity contribution < 1.29 is 19.0 Å². The van der Waals surface area contributed by atoms with Crippen LogP contribution in [0.25, 0.3) is 0 Å². The Labute approximate surface area is 191 Å². The van der Waals surface area contributed by atoms with E-state index in [2.05, 4.69) is 15.4 Å². The van der Waals surface area contributed by atoms with Crippen molar-refractivity contribution in [2.45, 2.75) is 78.2 Å². The Balaban J connectivity index is 1.54. The maximum atomic E-state index is 12.9. The first-order chi connectivity index (χ1) is 15.5. The zero-order chi connectivity index (χ0) is 24.1. The Morgan fingerprint density at radius 3 is 2.61 bits per heavy atom. The van der Waals surface area contributed by atoms with Crippen LogP contribution in [0.15, 0.2) is 15.8 Å². The molecular formula is C22H31N5O6. The average Bonchev–Trinajstić information content (AvgIpc) is 3.23. The summed E-state index contributed by atoms with van der Waals surface area (Å²) in [6.45, 7) is 11.9. The lowest BCUT2D eigenvalue weighted by molar-refractivity contribution is -0.153. The molecule has 2 aromatic heterocycles. The van der Waals surface area contributed by atoms with E-state index in [-0.39, 0.29) is 19.1 Å². The molecule has 33 heavy (non-hydrogen) atoms. The van der Waals surface area contributed by atoms with Crippen molar-refractivity contribution in [2.75, 3.05) is 13.2 Å². The number of nitrogens with zero attached hydrogens (tertiary/aromatic N) is 3. The van der Waals surface area contributed by atoms with Crippen molar-refractivity contribution in [3.63, 3.8) is 0 Å². The van der Waals surface area contributed by atoms with Gasteiger partial charge in [0.1, 0.15) is 18.3 Å². The van der Waals surface area contributed by atoms with Crippen LogP contribution in [-0.4, -0.2) is 62.5 Å². The lowest BCUT2D eigenvalue weighted by Gasteiger charge is -2.37. The summed E-state index contributed by atoms with van der Waals surface area (Å²) in [5, 5.41) is 7.35. The first kappa shape index (κ1) is 23.4. The zero-order valence-corrected chi connectivity index (χ0v) is 19.8. The molecule has 4 atom stereocenters. The molecule has 2 N–H and O–H groups in total. The van der Waals surface area contributed by atoms with E-state index in [1.807, 2.05) is 20.8 Å². The van der Waals surface area contributed by atoms with Crippen molar-refractivity contribution in [1.82, 2.24) is 24.6 Å². The molecule has 0 spiro atoms. The van der Waals surface area contributed by atoms with Gasteiger partial charge in [-0.2, -0.15) is 5.10 Å². The molecule has 1 amide bonds. The molecule has 2 fully saturated rings. The zero-order valence-electron chi connectivity index (χ0n) is 19.8.